The third-order valence-corrected chi connectivity index (χ3v) is 4.19. The van der Waals surface area contributed by atoms with Gasteiger partial charge < -0.3 is 5.11 Å². The molecule has 0 saturated heterocycles. The van der Waals surface area contributed by atoms with E-state index in [0.29, 0.717) is 10.6 Å². The van der Waals surface area contributed by atoms with Gasteiger partial charge in [-0.05, 0) is 46.5 Å². The van der Waals surface area contributed by atoms with Crippen LogP contribution in [0.3, 0.4) is 0 Å². The Kier molecular flexibility index (Phi) is 4.84. The quantitative estimate of drug-likeness (QED) is 0.596. The van der Waals surface area contributed by atoms with Crippen molar-refractivity contribution in [3.05, 3.63) is 94.5 Å². The highest BCUT2D eigenvalue weighted by Gasteiger charge is 2.30. The second-order valence-electron chi connectivity index (χ2n) is 5.65. The molecule has 0 aliphatic heterocycles. The van der Waals surface area contributed by atoms with Crippen molar-refractivity contribution in [2.45, 2.75) is 12.3 Å². The van der Waals surface area contributed by atoms with E-state index in [1.165, 1.54) is 12.1 Å². The molecule has 1 unspecified atom stereocenters. The van der Waals surface area contributed by atoms with Gasteiger partial charge in [-0.15, -0.1) is 0 Å². The minimum absolute atomic E-state index is 0.203. The Labute approximate surface area is 148 Å². The number of rotatable bonds is 3. The third kappa shape index (κ3) is 4.03. The maximum atomic E-state index is 12.8. The van der Waals surface area contributed by atoms with E-state index in [-0.39, 0.29) is 5.56 Å². The number of hydrogen-bond donors (Lipinski definition) is 1. The predicted molar refractivity (Wildman–Crippen MR) is 92.4 cm³/mol. The maximum absolute atomic E-state index is 12.8. The molecule has 3 aromatic rings. The summed E-state index contributed by atoms with van der Waals surface area (Å²) in [4.78, 5) is 0. The Morgan fingerprint density at radius 3 is 1.88 bits per heavy atom. The molecule has 0 aliphatic rings. The van der Waals surface area contributed by atoms with Crippen molar-refractivity contribution in [1.82, 2.24) is 0 Å². The summed E-state index contributed by atoms with van der Waals surface area (Å²) in [5, 5.41) is 11.0. The van der Waals surface area contributed by atoms with Crippen LogP contribution in [0.15, 0.2) is 72.8 Å². The summed E-state index contributed by atoms with van der Waals surface area (Å²) in [5.41, 5.74) is 1.84. The molecule has 0 aliphatic carbocycles. The number of aliphatic hydroxyl groups excluding tert-OH is 1. The van der Waals surface area contributed by atoms with Gasteiger partial charge in [0.05, 0.1) is 5.56 Å². The van der Waals surface area contributed by atoms with Crippen LogP contribution in [0.5, 0.6) is 0 Å². The Morgan fingerprint density at radius 2 is 1.32 bits per heavy atom. The van der Waals surface area contributed by atoms with Crippen molar-refractivity contribution in [1.29, 1.82) is 0 Å². The highest BCUT2D eigenvalue weighted by atomic mass is 35.5. The number of alkyl halides is 3. The molecule has 0 radical (unpaired) electrons. The fourth-order valence-electron chi connectivity index (χ4n) is 2.58. The second-order valence-corrected chi connectivity index (χ2v) is 6.09. The summed E-state index contributed by atoms with van der Waals surface area (Å²) in [6.07, 6.45) is -5.56. The molecule has 0 fully saturated rings. The molecule has 5 heteroatoms. The minimum Gasteiger partial charge on any atom is -0.384 e. The zero-order valence-electron chi connectivity index (χ0n) is 13.0. The summed E-state index contributed by atoms with van der Waals surface area (Å²) >= 11 is 5.87. The maximum Gasteiger partial charge on any atom is 0.416 e. The van der Waals surface area contributed by atoms with Crippen LogP contribution in [0, 0.1) is 0 Å². The lowest BCUT2D eigenvalue weighted by atomic mass is 9.97. The molecule has 0 bridgehead atoms. The third-order valence-electron chi connectivity index (χ3n) is 3.93. The second kappa shape index (κ2) is 6.90. The van der Waals surface area contributed by atoms with Gasteiger partial charge in [0.25, 0.3) is 0 Å². The van der Waals surface area contributed by atoms with Gasteiger partial charge in [-0.1, -0.05) is 60.1 Å². The summed E-state index contributed by atoms with van der Waals surface area (Å²) in [6.45, 7) is 0. The molecule has 3 aromatic carbocycles. The van der Waals surface area contributed by atoms with Gasteiger partial charge >= 0.3 is 6.18 Å². The number of halogens is 4. The van der Waals surface area contributed by atoms with Crippen molar-refractivity contribution >= 4 is 11.6 Å². The molecule has 1 atom stereocenters. The molecule has 1 nitrogen and oxygen atoms in total. The average molecular weight is 363 g/mol. The van der Waals surface area contributed by atoms with E-state index in [1.807, 2.05) is 24.3 Å². The van der Waals surface area contributed by atoms with Gasteiger partial charge in [0, 0.05) is 5.02 Å². The SMILES string of the molecule is OC(c1ccc(-c2ccc(Cl)cc2)cc1)c1cccc(C(F)(F)F)c1. The van der Waals surface area contributed by atoms with Crippen LogP contribution in [-0.4, -0.2) is 5.11 Å². The van der Waals surface area contributed by atoms with E-state index in [4.69, 9.17) is 11.6 Å². The zero-order chi connectivity index (χ0) is 18.0. The molecular formula is C20H14ClF3O. The molecule has 0 spiro atoms. The molecule has 0 saturated carbocycles. The van der Waals surface area contributed by atoms with Gasteiger partial charge in [0.2, 0.25) is 0 Å². The first-order valence-corrected chi connectivity index (χ1v) is 7.93. The van der Waals surface area contributed by atoms with Crippen LogP contribution in [-0.2, 0) is 6.18 Å². The Balaban J connectivity index is 1.86. The Bertz CT molecular complexity index is 855. The van der Waals surface area contributed by atoms with Crippen LogP contribution in [0.2, 0.25) is 5.02 Å². The van der Waals surface area contributed by atoms with Crippen molar-refractivity contribution in [3.63, 3.8) is 0 Å². The predicted octanol–water partition coefficient (Wildman–Crippen LogP) is 6.11. The van der Waals surface area contributed by atoms with E-state index in [9.17, 15) is 18.3 Å². The molecule has 0 amide bonds. The molecule has 1 N–H and O–H groups in total. The number of hydrogen-bond acceptors (Lipinski definition) is 1. The van der Waals surface area contributed by atoms with Crippen molar-refractivity contribution in [3.8, 4) is 11.1 Å². The summed E-state index contributed by atoms with van der Waals surface area (Å²) < 4.78 is 38.4. The van der Waals surface area contributed by atoms with Crippen LogP contribution in [0.4, 0.5) is 13.2 Å². The van der Waals surface area contributed by atoms with Crippen LogP contribution >= 0.6 is 11.6 Å². The highest BCUT2D eigenvalue weighted by Crippen LogP contribution is 2.32. The monoisotopic (exact) mass is 362 g/mol. The molecule has 0 aromatic heterocycles. The smallest absolute Gasteiger partial charge is 0.384 e. The lowest BCUT2D eigenvalue weighted by molar-refractivity contribution is -0.137. The van der Waals surface area contributed by atoms with Gasteiger partial charge in [0.15, 0.2) is 0 Å². The minimum atomic E-state index is -4.44. The fraction of sp³-hybridized carbons (Fsp3) is 0.100. The van der Waals surface area contributed by atoms with Crippen LogP contribution < -0.4 is 0 Å². The van der Waals surface area contributed by atoms with E-state index >= 15 is 0 Å². The van der Waals surface area contributed by atoms with Crippen molar-refractivity contribution in [2.24, 2.45) is 0 Å². The zero-order valence-corrected chi connectivity index (χ0v) is 13.7. The summed E-state index contributed by atoms with van der Waals surface area (Å²) in [5.74, 6) is 0. The Morgan fingerprint density at radius 1 is 0.760 bits per heavy atom. The standard InChI is InChI=1S/C20H14ClF3O/c21-18-10-8-14(9-11-18)13-4-6-15(7-5-13)19(25)16-2-1-3-17(12-16)20(22,23)24/h1-12,19,25H. The van der Waals surface area contributed by atoms with Crippen molar-refractivity contribution < 1.29 is 18.3 Å². The molecule has 0 heterocycles. The number of benzene rings is 3. The molecule has 128 valence electrons. The molecule has 3 rings (SSSR count). The first-order valence-electron chi connectivity index (χ1n) is 7.56. The lowest BCUT2D eigenvalue weighted by Crippen LogP contribution is -2.07. The van der Waals surface area contributed by atoms with E-state index in [0.717, 1.165) is 23.3 Å². The van der Waals surface area contributed by atoms with Gasteiger partial charge in [-0.2, -0.15) is 13.2 Å². The van der Waals surface area contributed by atoms with E-state index in [2.05, 4.69) is 0 Å². The lowest BCUT2D eigenvalue weighted by Gasteiger charge is -2.14. The largest absolute Gasteiger partial charge is 0.416 e. The highest BCUT2D eigenvalue weighted by molar-refractivity contribution is 6.30. The Hall–Kier alpha value is -2.30. The van der Waals surface area contributed by atoms with E-state index in [1.54, 1.807) is 24.3 Å². The summed E-state index contributed by atoms with van der Waals surface area (Å²) in [7, 11) is 0. The molecular weight excluding hydrogens is 349 g/mol. The topological polar surface area (TPSA) is 20.2 Å². The van der Waals surface area contributed by atoms with Gasteiger partial charge in [-0.25, -0.2) is 0 Å². The normalized spacial score (nSPS) is 12.8. The van der Waals surface area contributed by atoms with Crippen molar-refractivity contribution in [2.75, 3.05) is 0 Å². The van der Waals surface area contributed by atoms with Gasteiger partial charge in [0.1, 0.15) is 6.10 Å². The first-order chi connectivity index (χ1) is 11.8. The van der Waals surface area contributed by atoms with Gasteiger partial charge in [-0.3, -0.25) is 0 Å². The van der Waals surface area contributed by atoms with E-state index < -0.39 is 17.8 Å². The fourth-order valence-corrected chi connectivity index (χ4v) is 2.70. The number of aliphatic hydroxyl groups is 1. The first kappa shape index (κ1) is 17.5. The van der Waals surface area contributed by atoms with Crippen LogP contribution in [0.25, 0.3) is 11.1 Å². The van der Waals surface area contributed by atoms with Crippen LogP contribution in [0.1, 0.15) is 22.8 Å². The average Bonchev–Trinajstić information content (AvgIpc) is 2.61. The summed E-state index contributed by atoms with van der Waals surface area (Å²) in [6, 6.07) is 19.1. The molecule has 25 heavy (non-hydrogen) atoms.